The lowest BCUT2D eigenvalue weighted by atomic mass is 10.2. The average Bonchev–Trinajstić information content (AvgIpc) is 2.82. The van der Waals surface area contributed by atoms with Gasteiger partial charge in [-0.2, -0.15) is 10.4 Å². The number of carbonyl (C=O) groups is 2. The van der Waals surface area contributed by atoms with Crippen LogP contribution in [0.4, 0.5) is 4.79 Å². The second kappa shape index (κ2) is 14.3. The summed E-state index contributed by atoms with van der Waals surface area (Å²) in [6.07, 6.45) is 0.674. The molecule has 2 rings (SSSR count). The zero-order valence-corrected chi connectivity index (χ0v) is 20.9. The van der Waals surface area contributed by atoms with Crippen LogP contribution in [-0.4, -0.2) is 49.7 Å². The number of nitrogens with zero attached hydrogens (tertiary/aromatic N) is 2. The number of hydrazone groups is 1. The molecule has 0 saturated carbocycles. The van der Waals surface area contributed by atoms with E-state index in [4.69, 9.17) is 24.2 Å². The molecule has 10 nitrogen and oxygen atoms in total. The van der Waals surface area contributed by atoms with Gasteiger partial charge in [0.2, 0.25) is 0 Å². The van der Waals surface area contributed by atoms with Crippen LogP contribution in [-0.2, 0) is 20.9 Å². The molecule has 0 spiro atoms. The molecule has 0 bridgehead atoms. The molecule has 192 valence electrons. The first kappa shape index (κ1) is 28.1. The van der Waals surface area contributed by atoms with Crippen molar-refractivity contribution in [1.82, 2.24) is 10.7 Å². The Kier molecular flexibility index (Phi) is 11.2. The highest BCUT2D eigenvalue weighted by Gasteiger charge is 2.24. The smallest absolute Gasteiger partial charge is 0.408 e. The molecule has 2 aromatic rings. The van der Waals surface area contributed by atoms with Crippen LogP contribution in [0.5, 0.6) is 11.5 Å². The van der Waals surface area contributed by atoms with E-state index >= 15 is 0 Å². The Morgan fingerprint density at radius 2 is 1.86 bits per heavy atom. The molecule has 36 heavy (non-hydrogen) atoms. The summed E-state index contributed by atoms with van der Waals surface area (Å²) in [6.45, 7) is 7.48. The molecule has 0 aliphatic rings. The Hall–Kier alpha value is -4.10. The van der Waals surface area contributed by atoms with Crippen LogP contribution in [0, 0.1) is 11.3 Å². The summed E-state index contributed by atoms with van der Waals surface area (Å²) < 4.78 is 21.8. The normalized spacial score (nSPS) is 11.9. The van der Waals surface area contributed by atoms with Crippen LogP contribution in [0.1, 0.15) is 38.8 Å². The highest BCUT2D eigenvalue weighted by molar-refractivity contribution is 5.87. The van der Waals surface area contributed by atoms with Crippen LogP contribution >= 0.6 is 0 Å². The number of ether oxygens (including phenoxy) is 4. The van der Waals surface area contributed by atoms with Crippen molar-refractivity contribution in [3.05, 3.63) is 59.7 Å². The SMILES string of the molecule is CCOc1cc(/C=N\NC(=O)[C@H](COCc2ccccc2)NC(=O)OC(C)(C)C)ccc1OCC#N. The molecule has 10 heteroatoms. The summed E-state index contributed by atoms with van der Waals surface area (Å²) in [5, 5.41) is 15.2. The molecule has 2 aromatic carbocycles. The van der Waals surface area contributed by atoms with E-state index in [1.165, 1.54) is 6.21 Å². The van der Waals surface area contributed by atoms with E-state index in [0.717, 1.165) is 5.56 Å². The molecule has 2 N–H and O–H groups in total. The van der Waals surface area contributed by atoms with Crippen LogP contribution in [0.2, 0.25) is 0 Å². The molecule has 0 aliphatic carbocycles. The highest BCUT2D eigenvalue weighted by Crippen LogP contribution is 2.28. The van der Waals surface area contributed by atoms with Crippen LogP contribution in [0.3, 0.4) is 0 Å². The molecule has 0 fully saturated rings. The minimum atomic E-state index is -1.04. The van der Waals surface area contributed by atoms with Gasteiger partial charge in [0.25, 0.3) is 5.91 Å². The lowest BCUT2D eigenvalue weighted by Crippen LogP contribution is -2.49. The summed E-state index contributed by atoms with van der Waals surface area (Å²) in [5.74, 6) is 0.294. The first-order chi connectivity index (χ1) is 17.2. The quantitative estimate of drug-likeness (QED) is 0.339. The highest BCUT2D eigenvalue weighted by atomic mass is 16.6. The first-order valence-electron chi connectivity index (χ1n) is 11.4. The number of rotatable bonds is 12. The maximum atomic E-state index is 12.8. The first-order valence-corrected chi connectivity index (χ1v) is 11.4. The third-order valence-electron chi connectivity index (χ3n) is 4.35. The monoisotopic (exact) mass is 496 g/mol. The van der Waals surface area contributed by atoms with E-state index in [2.05, 4.69) is 15.8 Å². The summed E-state index contributed by atoms with van der Waals surface area (Å²) in [5.41, 5.74) is 3.24. The molecule has 0 radical (unpaired) electrons. The maximum absolute atomic E-state index is 12.8. The van der Waals surface area contributed by atoms with Crippen molar-refractivity contribution in [2.24, 2.45) is 5.10 Å². The lowest BCUT2D eigenvalue weighted by molar-refractivity contribution is -0.124. The van der Waals surface area contributed by atoms with Crippen molar-refractivity contribution in [3.63, 3.8) is 0 Å². The minimum absolute atomic E-state index is 0.0884. The zero-order valence-electron chi connectivity index (χ0n) is 20.9. The predicted octanol–water partition coefficient (Wildman–Crippen LogP) is 3.55. The van der Waals surface area contributed by atoms with Gasteiger partial charge in [-0.25, -0.2) is 10.2 Å². The van der Waals surface area contributed by atoms with Crippen LogP contribution < -0.4 is 20.2 Å². The number of nitrogens with one attached hydrogen (secondary N) is 2. The van der Waals surface area contributed by atoms with Crippen molar-refractivity contribution >= 4 is 18.2 Å². The predicted molar refractivity (Wildman–Crippen MR) is 134 cm³/mol. The van der Waals surface area contributed by atoms with Crippen molar-refractivity contribution in [3.8, 4) is 17.6 Å². The van der Waals surface area contributed by atoms with Crippen molar-refractivity contribution in [2.75, 3.05) is 19.8 Å². The topological polar surface area (TPSA) is 131 Å². The van der Waals surface area contributed by atoms with Gasteiger partial charge in [-0.1, -0.05) is 30.3 Å². The van der Waals surface area contributed by atoms with Gasteiger partial charge in [-0.15, -0.1) is 0 Å². The maximum Gasteiger partial charge on any atom is 0.408 e. The minimum Gasteiger partial charge on any atom is -0.490 e. The van der Waals surface area contributed by atoms with E-state index in [1.807, 2.05) is 43.3 Å². The molecule has 0 aliphatic heterocycles. The van der Waals surface area contributed by atoms with Gasteiger partial charge in [0.05, 0.1) is 26.0 Å². The number of amides is 2. The van der Waals surface area contributed by atoms with E-state index in [1.54, 1.807) is 39.0 Å². The second-order valence-electron chi connectivity index (χ2n) is 8.52. The van der Waals surface area contributed by atoms with Gasteiger partial charge in [0.15, 0.2) is 18.1 Å². The van der Waals surface area contributed by atoms with Crippen molar-refractivity contribution < 1.29 is 28.5 Å². The lowest BCUT2D eigenvalue weighted by Gasteiger charge is -2.22. The van der Waals surface area contributed by atoms with Gasteiger partial charge in [0, 0.05) is 0 Å². The number of hydrogen-bond donors (Lipinski definition) is 2. The standard InChI is InChI=1S/C26H32N4O6/c1-5-34-23-15-20(11-12-22(23)35-14-13-27)16-28-30-24(31)21(29-25(32)36-26(2,3)4)18-33-17-19-9-7-6-8-10-19/h6-12,15-16,21H,5,14,17-18H2,1-4H3,(H,29,32)(H,30,31)/b28-16-/t21-/m0/s1. The molecular weight excluding hydrogens is 464 g/mol. The molecular formula is C26H32N4O6. The largest absolute Gasteiger partial charge is 0.490 e. The van der Waals surface area contributed by atoms with E-state index in [-0.39, 0.29) is 19.8 Å². The van der Waals surface area contributed by atoms with E-state index < -0.39 is 23.6 Å². The molecule has 0 aromatic heterocycles. The van der Waals surface area contributed by atoms with Gasteiger partial charge in [-0.3, -0.25) is 4.79 Å². The van der Waals surface area contributed by atoms with Crippen molar-refractivity contribution in [1.29, 1.82) is 5.26 Å². The number of hydrogen-bond acceptors (Lipinski definition) is 8. The number of alkyl carbamates (subject to hydrolysis) is 1. The Morgan fingerprint density at radius 1 is 1.11 bits per heavy atom. The van der Waals surface area contributed by atoms with Gasteiger partial charge >= 0.3 is 6.09 Å². The summed E-state index contributed by atoms with van der Waals surface area (Å²) in [4.78, 5) is 25.0. The Bertz CT molecular complexity index is 1060. The number of carbonyl (C=O) groups excluding carboxylic acids is 2. The average molecular weight is 497 g/mol. The molecule has 0 heterocycles. The fourth-order valence-electron chi connectivity index (χ4n) is 2.85. The van der Waals surface area contributed by atoms with E-state index in [9.17, 15) is 9.59 Å². The third-order valence-corrected chi connectivity index (χ3v) is 4.35. The third kappa shape index (κ3) is 10.4. The van der Waals surface area contributed by atoms with Gasteiger partial charge in [-0.05, 0) is 57.0 Å². The molecule has 1 atom stereocenters. The number of benzene rings is 2. The van der Waals surface area contributed by atoms with Gasteiger partial charge < -0.3 is 24.3 Å². The van der Waals surface area contributed by atoms with Crippen LogP contribution in [0.15, 0.2) is 53.6 Å². The van der Waals surface area contributed by atoms with Crippen LogP contribution in [0.25, 0.3) is 0 Å². The van der Waals surface area contributed by atoms with E-state index in [0.29, 0.717) is 23.7 Å². The molecule has 2 amide bonds. The zero-order chi connectivity index (χ0) is 26.4. The van der Waals surface area contributed by atoms with Crippen molar-refractivity contribution in [2.45, 2.75) is 45.9 Å². The molecule has 0 unspecified atom stereocenters. The Balaban J connectivity index is 2.04. The fourth-order valence-corrected chi connectivity index (χ4v) is 2.85. The molecule has 0 saturated heterocycles. The van der Waals surface area contributed by atoms with Gasteiger partial charge in [0.1, 0.15) is 17.7 Å². The summed E-state index contributed by atoms with van der Waals surface area (Å²) in [7, 11) is 0. The fraction of sp³-hybridized carbons (Fsp3) is 0.385. The summed E-state index contributed by atoms with van der Waals surface area (Å²) in [6, 6.07) is 15.3. The Labute approximate surface area is 211 Å². The summed E-state index contributed by atoms with van der Waals surface area (Å²) >= 11 is 0. The number of nitriles is 1. The second-order valence-corrected chi connectivity index (χ2v) is 8.52. The Morgan fingerprint density at radius 3 is 2.53 bits per heavy atom.